The van der Waals surface area contributed by atoms with E-state index >= 15 is 0 Å². The summed E-state index contributed by atoms with van der Waals surface area (Å²) in [7, 11) is -3.39. The number of rotatable bonds is 3. The van der Waals surface area contributed by atoms with Gasteiger partial charge in [-0.15, -0.1) is 5.10 Å². The van der Waals surface area contributed by atoms with Crippen molar-refractivity contribution in [3.8, 4) is 0 Å². The van der Waals surface area contributed by atoms with E-state index in [4.69, 9.17) is 16.6 Å². The normalized spacial score (nSPS) is 28.6. The first-order chi connectivity index (χ1) is 16.8. The lowest BCUT2D eigenvalue weighted by Gasteiger charge is -2.49. The maximum absolute atomic E-state index is 13.3. The van der Waals surface area contributed by atoms with Gasteiger partial charge in [0.2, 0.25) is 5.91 Å². The van der Waals surface area contributed by atoms with Crippen LogP contribution in [0.25, 0.3) is 0 Å². The summed E-state index contributed by atoms with van der Waals surface area (Å²) in [6.45, 7) is 13.3. The topological polar surface area (TPSA) is 112 Å². The lowest BCUT2D eigenvalue weighted by molar-refractivity contribution is -0.137. The second-order valence-electron chi connectivity index (χ2n) is 11.1. The van der Waals surface area contributed by atoms with Crippen LogP contribution in [-0.2, 0) is 20.0 Å². The van der Waals surface area contributed by atoms with E-state index in [2.05, 4.69) is 33.9 Å². The Morgan fingerprint density at radius 2 is 1.78 bits per heavy atom. The third-order valence-electron chi connectivity index (χ3n) is 7.98. The molecular weight excluding hydrogens is 502 g/mol. The molecule has 0 saturated carbocycles. The molecule has 3 atom stereocenters. The van der Waals surface area contributed by atoms with Gasteiger partial charge in [0.05, 0.1) is 16.5 Å². The molecule has 2 aromatic rings. The second-order valence-corrected chi connectivity index (χ2v) is 14.1. The van der Waals surface area contributed by atoms with Gasteiger partial charge in [-0.25, -0.2) is 18.4 Å². The van der Waals surface area contributed by atoms with Crippen LogP contribution in [0.15, 0.2) is 12.4 Å². The van der Waals surface area contributed by atoms with Crippen LogP contribution in [-0.4, -0.2) is 81.6 Å². The summed E-state index contributed by atoms with van der Waals surface area (Å²) in [4.78, 5) is 28.6. The SMILES string of the molecule is Cc1nnc(N2CC(C)(C)c3c2ncnc3N2C[C@@H](C)N(C(=O)[C@@]3(C)CCS3(=O)=O)C[C@@H]2C)cc1Cl. The standard InChI is InChI=1S/C24H32ClN7O3S/c1-14-11-31(22(33)24(6)7-8-36(24,34)35)15(2)10-30(14)20-19-21(27-13-26-20)32(12-23(19,4)5)18-9-17(25)16(3)28-29-18/h9,13-15H,7-8,10-12H2,1-6H3/t14-,15+,24+/m0/s1. The predicted molar refractivity (Wildman–Crippen MR) is 139 cm³/mol. The molecule has 10 nitrogen and oxygen atoms in total. The molecule has 0 radical (unpaired) electrons. The van der Waals surface area contributed by atoms with Crippen molar-refractivity contribution < 1.29 is 13.2 Å². The number of carbonyl (C=O) groups is 1. The molecule has 2 saturated heterocycles. The molecule has 3 aliphatic rings. The van der Waals surface area contributed by atoms with Crippen LogP contribution in [0.2, 0.25) is 5.02 Å². The van der Waals surface area contributed by atoms with Crippen molar-refractivity contribution in [2.75, 3.05) is 35.2 Å². The largest absolute Gasteiger partial charge is 0.350 e. The van der Waals surface area contributed by atoms with E-state index in [9.17, 15) is 13.2 Å². The number of anilines is 3. The van der Waals surface area contributed by atoms with Crippen molar-refractivity contribution in [3.05, 3.63) is 28.7 Å². The van der Waals surface area contributed by atoms with Crippen molar-refractivity contribution in [2.45, 2.75) is 70.2 Å². The third kappa shape index (κ3) is 3.65. The van der Waals surface area contributed by atoms with Gasteiger partial charge in [-0.1, -0.05) is 25.4 Å². The average Bonchev–Trinajstić information content (AvgIpc) is 3.11. The molecule has 0 N–H and O–H groups in total. The number of amides is 1. The zero-order valence-electron chi connectivity index (χ0n) is 21.5. The molecule has 12 heteroatoms. The summed E-state index contributed by atoms with van der Waals surface area (Å²) in [6.07, 6.45) is 1.94. The highest BCUT2D eigenvalue weighted by Crippen LogP contribution is 2.47. The Labute approximate surface area is 217 Å². The minimum Gasteiger partial charge on any atom is -0.350 e. The molecule has 194 valence electrons. The smallest absolute Gasteiger partial charge is 0.244 e. The van der Waals surface area contributed by atoms with Crippen molar-refractivity contribution >= 4 is 44.8 Å². The van der Waals surface area contributed by atoms with Crippen LogP contribution in [0.4, 0.5) is 17.5 Å². The van der Waals surface area contributed by atoms with Crippen LogP contribution in [0.1, 0.15) is 52.3 Å². The first-order valence-electron chi connectivity index (χ1n) is 12.2. The Hall–Kier alpha value is -2.53. The van der Waals surface area contributed by atoms with E-state index in [-0.39, 0.29) is 29.2 Å². The van der Waals surface area contributed by atoms with Crippen molar-refractivity contribution in [1.29, 1.82) is 0 Å². The fraction of sp³-hybridized carbons (Fsp3) is 0.625. The zero-order valence-corrected chi connectivity index (χ0v) is 23.1. The van der Waals surface area contributed by atoms with Gasteiger partial charge in [0, 0.05) is 48.8 Å². The predicted octanol–water partition coefficient (Wildman–Crippen LogP) is 2.66. The van der Waals surface area contributed by atoms with Crippen molar-refractivity contribution in [3.63, 3.8) is 0 Å². The van der Waals surface area contributed by atoms with E-state index in [1.807, 2.05) is 25.7 Å². The highest BCUT2D eigenvalue weighted by atomic mass is 35.5. The Morgan fingerprint density at radius 1 is 1.08 bits per heavy atom. The minimum atomic E-state index is -3.39. The number of hydrogen-bond donors (Lipinski definition) is 0. The quantitative estimate of drug-likeness (QED) is 0.587. The Kier molecular flexibility index (Phi) is 5.75. The molecule has 0 unspecified atom stereocenters. The Balaban J connectivity index is 1.47. The van der Waals surface area contributed by atoms with Gasteiger partial charge in [-0.3, -0.25) is 4.79 Å². The van der Waals surface area contributed by atoms with E-state index in [1.165, 1.54) is 0 Å². The number of piperazine rings is 1. The summed E-state index contributed by atoms with van der Waals surface area (Å²) >= 11 is 6.34. The maximum Gasteiger partial charge on any atom is 0.244 e. The zero-order chi connectivity index (χ0) is 26.2. The van der Waals surface area contributed by atoms with E-state index in [0.29, 0.717) is 42.6 Å². The Bertz CT molecular complexity index is 1350. The number of nitrogens with zero attached hydrogens (tertiary/aromatic N) is 7. The molecule has 5 heterocycles. The van der Waals surface area contributed by atoms with E-state index < -0.39 is 14.6 Å². The molecule has 2 aromatic heterocycles. The Morgan fingerprint density at radius 3 is 2.39 bits per heavy atom. The molecule has 5 rings (SSSR count). The lowest BCUT2D eigenvalue weighted by Crippen LogP contribution is -2.66. The molecule has 0 bridgehead atoms. The number of carbonyl (C=O) groups excluding carboxylic acids is 1. The summed E-state index contributed by atoms with van der Waals surface area (Å²) in [5.74, 6) is 2.02. The third-order valence-corrected chi connectivity index (χ3v) is 10.9. The van der Waals surface area contributed by atoms with Crippen LogP contribution >= 0.6 is 11.6 Å². The highest BCUT2D eigenvalue weighted by molar-refractivity contribution is 7.95. The van der Waals surface area contributed by atoms with Gasteiger partial charge >= 0.3 is 0 Å². The average molecular weight is 534 g/mol. The molecule has 2 fully saturated rings. The number of aryl methyl sites for hydroxylation is 1. The van der Waals surface area contributed by atoms with Crippen molar-refractivity contribution in [2.24, 2.45) is 0 Å². The van der Waals surface area contributed by atoms with Gasteiger partial charge in [0.1, 0.15) is 22.7 Å². The van der Waals surface area contributed by atoms with Gasteiger partial charge in [0.25, 0.3) is 0 Å². The summed E-state index contributed by atoms with van der Waals surface area (Å²) in [6, 6.07) is 1.57. The van der Waals surface area contributed by atoms with Gasteiger partial charge in [-0.05, 0) is 34.1 Å². The second kappa shape index (κ2) is 8.24. The first-order valence-corrected chi connectivity index (χ1v) is 14.2. The number of fused-ring (bicyclic) bond motifs is 1. The number of hydrogen-bond acceptors (Lipinski definition) is 9. The minimum absolute atomic E-state index is 0.0611. The highest BCUT2D eigenvalue weighted by Gasteiger charge is 2.57. The monoisotopic (exact) mass is 533 g/mol. The van der Waals surface area contributed by atoms with Crippen LogP contribution in [0.5, 0.6) is 0 Å². The molecule has 0 spiro atoms. The first kappa shape index (κ1) is 25.1. The van der Waals surface area contributed by atoms with E-state index in [1.54, 1.807) is 24.2 Å². The van der Waals surface area contributed by atoms with Crippen LogP contribution in [0.3, 0.4) is 0 Å². The van der Waals surface area contributed by atoms with Crippen LogP contribution in [0, 0.1) is 6.92 Å². The van der Waals surface area contributed by atoms with Gasteiger partial charge in [0.15, 0.2) is 15.7 Å². The molecule has 0 aliphatic carbocycles. The fourth-order valence-corrected chi connectivity index (χ4v) is 7.18. The van der Waals surface area contributed by atoms with Gasteiger partial charge in [-0.2, -0.15) is 5.10 Å². The molecule has 3 aliphatic heterocycles. The number of aromatic nitrogens is 4. The number of sulfone groups is 1. The van der Waals surface area contributed by atoms with Gasteiger partial charge < -0.3 is 14.7 Å². The summed E-state index contributed by atoms with van der Waals surface area (Å²) in [5.41, 5.74) is 1.39. The summed E-state index contributed by atoms with van der Waals surface area (Å²) < 4.78 is 23.5. The fourth-order valence-electron chi connectivity index (χ4n) is 5.51. The molecule has 36 heavy (non-hydrogen) atoms. The molecule has 0 aromatic carbocycles. The van der Waals surface area contributed by atoms with Crippen molar-refractivity contribution in [1.82, 2.24) is 25.1 Å². The van der Waals surface area contributed by atoms with Crippen LogP contribution < -0.4 is 9.80 Å². The summed E-state index contributed by atoms with van der Waals surface area (Å²) in [5, 5.41) is 9.09. The lowest BCUT2D eigenvalue weighted by atomic mass is 9.87. The van der Waals surface area contributed by atoms with E-state index in [0.717, 1.165) is 17.2 Å². The maximum atomic E-state index is 13.3. The number of halogens is 1. The molecule has 1 amide bonds. The molecular formula is C24H32ClN7O3S.